The molecule has 1 aliphatic carbocycles. The van der Waals surface area contributed by atoms with Gasteiger partial charge in [-0.2, -0.15) is 0 Å². The summed E-state index contributed by atoms with van der Waals surface area (Å²) in [5.41, 5.74) is -0.423. The SMILES string of the molecule is C#CCCCCCN(C(=O)OC(C)(C)C)C1CCCCC1. The van der Waals surface area contributed by atoms with Crippen molar-refractivity contribution in [2.24, 2.45) is 0 Å². The van der Waals surface area contributed by atoms with Crippen LogP contribution in [0.3, 0.4) is 0 Å². The summed E-state index contributed by atoms with van der Waals surface area (Å²) in [5, 5.41) is 0. The van der Waals surface area contributed by atoms with E-state index in [1.54, 1.807) is 0 Å². The summed E-state index contributed by atoms with van der Waals surface area (Å²) in [5.74, 6) is 2.67. The number of carbonyl (C=O) groups excluding carboxylic acids is 1. The lowest BCUT2D eigenvalue weighted by atomic mass is 9.94. The van der Waals surface area contributed by atoms with Crippen molar-refractivity contribution < 1.29 is 9.53 Å². The highest BCUT2D eigenvalue weighted by molar-refractivity contribution is 5.68. The molecular formula is C18H31NO2. The number of hydrogen-bond donors (Lipinski definition) is 0. The predicted molar refractivity (Wildman–Crippen MR) is 87.1 cm³/mol. The second kappa shape index (κ2) is 8.97. The molecule has 0 bridgehead atoms. The van der Waals surface area contributed by atoms with Gasteiger partial charge in [0.15, 0.2) is 0 Å². The van der Waals surface area contributed by atoms with Crippen LogP contribution in [-0.4, -0.2) is 29.2 Å². The van der Waals surface area contributed by atoms with E-state index in [2.05, 4.69) is 5.92 Å². The smallest absolute Gasteiger partial charge is 0.410 e. The number of rotatable bonds is 6. The zero-order chi connectivity index (χ0) is 15.7. The number of unbranched alkanes of at least 4 members (excludes halogenated alkanes) is 3. The Morgan fingerprint density at radius 2 is 1.86 bits per heavy atom. The first-order valence-corrected chi connectivity index (χ1v) is 8.37. The van der Waals surface area contributed by atoms with Crippen LogP contribution >= 0.6 is 0 Å². The predicted octanol–water partition coefficient (Wildman–Crippen LogP) is 4.75. The molecule has 1 amide bonds. The van der Waals surface area contributed by atoms with Gasteiger partial charge in [-0.05, 0) is 46.5 Å². The molecule has 0 saturated heterocycles. The topological polar surface area (TPSA) is 29.5 Å². The fourth-order valence-electron chi connectivity index (χ4n) is 2.82. The molecule has 0 radical (unpaired) electrons. The van der Waals surface area contributed by atoms with Crippen LogP contribution in [-0.2, 0) is 4.74 Å². The molecule has 0 aliphatic heterocycles. The number of amides is 1. The molecule has 120 valence electrons. The lowest BCUT2D eigenvalue weighted by molar-refractivity contribution is 0.0117. The van der Waals surface area contributed by atoms with Gasteiger partial charge in [-0.25, -0.2) is 4.79 Å². The van der Waals surface area contributed by atoms with Crippen LogP contribution in [0.5, 0.6) is 0 Å². The van der Waals surface area contributed by atoms with E-state index in [1.165, 1.54) is 19.3 Å². The summed E-state index contributed by atoms with van der Waals surface area (Å²) >= 11 is 0. The molecule has 0 heterocycles. The second-order valence-electron chi connectivity index (χ2n) is 6.98. The third kappa shape index (κ3) is 7.41. The minimum atomic E-state index is -0.423. The molecule has 21 heavy (non-hydrogen) atoms. The molecule has 0 atom stereocenters. The highest BCUT2D eigenvalue weighted by atomic mass is 16.6. The molecule has 0 N–H and O–H groups in total. The Bertz CT molecular complexity index is 345. The average Bonchev–Trinajstić information content (AvgIpc) is 2.41. The third-order valence-corrected chi connectivity index (χ3v) is 3.86. The van der Waals surface area contributed by atoms with Crippen LogP contribution in [0.25, 0.3) is 0 Å². The number of terminal acetylenes is 1. The van der Waals surface area contributed by atoms with Crippen molar-refractivity contribution in [2.45, 2.75) is 90.2 Å². The van der Waals surface area contributed by atoms with E-state index in [0.29, 0.717) is 6.04 Å². The summed E-state index contributed by atoms with van der Waals surface area (Å²) in [4.78, 5) is 14.4. The van der Waals surface area contributed by atoms with Gasteiger partial charge < -0.3 is 9.64 Å². The summed E-state index contributed by atoms with van der Waals surface area (Å²) in [6, 6.07) is 0.362. The van der Waals surface area contributed by atoms with Gasteiger partial charge in [0, 0.05) is 19.0 Å². The number of nitrogens with zero attached hydrogens (tertiary/aromatic N) is 1. The van der Waals surface area contributed by atoms with Gasteiger partial charge in [0.05, 0.1) is 0 Å². The zero-order valence-corrected chi connectivity index (χ0v) is 14.0. The number of ether oxygens (including phenoxy) is 1. The molecule has 3 heteroatoms. The molecule has 1 aliphatic rings. The standard InChI is InChI=1S/C18H31NO2/c1-5-6-7-8-12-15-19(16-13-10-9-11-14-16)17(20)21-18(2,3)4/h1,16H,6-15H2,2-4H3. The van der Waals surface area contributed by atoms with Crippen molar-refractivity contribution in [3.63, 3.8) is 0 Å². The van der Waals surface area contributed by atoms with Crippen molar-refractivity contribution in [2.75, 3.05) is 6.54 Å². The van der Waals surface area contributed by atoms with Crippen molar-refractivity contribution in [1.82, 2.24) is 4.90 Å². The quantitative estimate of drug-likeness (QED) is 0.522. The molecule has 0 spiro atoms. The fourth-order valence-corrected chi connectivity index (χ4v) is 2.82. The van der Waals surface area contributed by atoms with Crippen LogP contribution in [0, 0.1) is 12.3 Å². The highest BCUT2D eigenvalue weighted by Crippen LogP contribution is 2.24. The first kappa shape index (κ1) is 17.9. The Morgan fingerprint density at radius 1 is 1.19 bits per heavy atom. The largest absolute Gasteiger partial charge is 0.444 e. The third-order valence-electron chi connectivity index (χ3n) is 3.86. The van der Waals surface area contributed by atoms with E-state index in [9.17, 15) is 4.79 Å². The van der Waals surface area contributed by atoms with E-state index in [1.807, 2.05) is 25.7 Å². The van der Waals surface area contributed by atoms with Crippen molar-refractivity contribution in [3.05, 3.63) is 0 Å². The van der Waals surface area contributed by atoms with Gasteiger partial charge in [-0.3, -0.25) is 0 Å². The normalized spacial score (nSPS) is 16.3. The average molecular weight is 293 g/mol. The van der Waals surface area contributed by atoms with Crippen LogP contribution in [0.1, 0.15) is 78.6 Å². The fraction of sp³-hybridized carbons (Fsp3) is 0.833. The molecule has 1 fully saturated rings. The van der Waals surface area contributed by atoms with Crippen molar-refractivity contribution in [1.29, 1.82) is 0 Å². The maximum atomic E-state index is 12.4. The van der Waals surface area contributed by atoms with Crippen molar-refractivity contribution >= 4 is 6.09 Å². The number of carbonyl (C=O) groups is 1. The van der Waals surface area contributed by atoms with E-state index >= 15 is 0 Å². The lowest BCUT2D eigenvalue weighted by Gasteiger charge is -2.35. The summed E-state index contributed by atoms with van der Waals surface area (Å²) in [6.45, 7) is 6.58. The molecule has 0 aromatic rings. The lowest BCUT2D eigenvalue weighted by Crippen LogP contribution is -2.44. The monoisotopic (exact) mass is 293 g/mol. The van der Waals surface area contributed by atoms with Crippen LogP contribution in [0.4, 0.5) is 4.79 Å². The van der Waals surface area contributed by atoms with Crippen LogP contribution in [0.2, 0.25) is 0 Å². The van der Waals surface area contributed by atoms with Crippen LogP contribution < -0.4 is 0 Å². The first-order chi connectivity index (χ1) is 9.94. The number of hydrogen-bond acceptors (Lipinski definition) is 2. The molecule has 1 saturated carbocycles. The van der Waals surface area contributed by atoms with Gasteiger partial charge in [-0.1, -0.05) is 25.7 Å². The molecule has 0 unspecified atom stereocenters. The molecule has 1 rings (SSSR count). The Hall–Kier alpha value is -1.17. The maximum Gasteiger partial charge on any atom is 0.410 e. The van der Waals surface area contributed by atoms with Gasteiger partial charge in [-0.15, -0.1) is 12.3 Å². The molecule has 3 nitrogen and oxygen atoms in total. The Balaban J connectivity index is 2.52. The summed E-state index contributed by atoms with van der Waals surface area (Å²) < 4.78 is 5.59. The van der Waals surface area contributed by atoms with Gasteiger partial charge in [0.1, 0.15) is 5.60 Å². The van der Waals surface area contributed by atoms with E-state index in [4.69, 9.17) is 11.2 Å². The first-order valence-electron chi connectivity index (χ1n) is 8.37. The van der Waals surface area contributed by atoms with E-state index in [-0.39, 0.29) is 6.09 Å². The van der Waals surface area contributed by atoms with E-state index in [0.717, 1.165) is 45.1 Å². The molecular weight excluding hydrogens is 262 g/mol. The van der Waals surface area contributed by atoms with Crippen LogP contribution in [0.15, 0.2) is 0 Å². The summed E-state index contributed by atoms with van der Waals surface area (Å²) in [6.07, 6.45) is 15.1. The maximum absolute atomic E-state index is 12.4. The van der Waals surface area contributed by atoms with Gasteiger partial charge in [0.25, 0.3) is 0 Å². The van der Waals surface area contributed by atoms with E-state index < -0.39 is 5.60 Å². The van der Waals surface area contributed by atoms with Gasteiger partial charge >= 0.3 is 6.09 Å². The summed E-state index contributed by atoms with van der Waals surface area (Å²) in [7, 11) is 0. The minimum absolute atomic E-state index is 0.147. The molecule has 0 aromatic carbocycles. The zero-order valence-electron chi connectivity index (χ0n) is 14.0. The highest BCUT2D eigenvalue weighted by Gasteiger charge is 2.28. The molecule has 0 aromatic heterocycles. The Labute approximate surface area is 130 Å². The van der Waals surface area contributed by atoms with Gasteiger partial charge in [0.2, 0.25) is 0 Å². The second-order valence-corrected chi connectivity index (χ2v) is 6.98. The Kier molecular flexibility index (Phi) is 7.64. The Morgan fingerprint density at radius 3 is 2.43 bits per heavy atom. The minimum Gasteiger partial charge on any atom is -0.444 e. The van der Waals surface area contributed by atoms with Crippen molar-refractivity contribution in [3.8, 4) is 12.3 Å².